The SMILES string of the molecule is CC(CN(C(=O)O)C(C)(C)C)N1c2cc(Cl)ccc2C2CCCC21. The van der Waals surface area contributed by atoms with E-state index in [0.29, 0.717) is 18.5 Å². The number of anilines is 1. The summed E-state index contributed by atoms with van der Waals surface area (Å²) in [4.78, 5) is 15.7. The number of rotatable bonds is 3. The van der Waals surface area contributed by atoms with Crippen molar-refractivity contribution in [1.29, 1.82) is 0 Å². The summed E-state index contributed by atoms with van der Waals surface area (Å²) in [7, 11) is 0. The molecule has 4 nitrogen and oxygen atoms in total. The van der Waals surface area contributed by atoms with E-state index in [1.807, 2.05) is 32.9 Å². The standard InChI is InChI=1S/C19H27ClN2O2/c1-12(11-21(18(23)24)19(2,3)4)22-16-7-5-6-14(16)15-9-8-13(20)10-17(15)22/h8-10,12,14,16H,5-7,11H2,1-4H3,(H,23,24). The quantitative estimate of drug-likeness (QED) is 0.837. The summed E-state index contributed by atoms with van der Waals surface area (Å²) in [6.45, 7) is 8.46. The molecule has 0 bridgehead atoms. The Balaban J connectivity index is 1.90. The lowest BCUT2D eigenvalue weighted by atomic mass is 9.98. The lowest BCUT2D eigenvalue weighted by Gasteiger charge is -2.40. The highest BCUT2D eigenvalue weighted by molar-refractivity contribution is 6.30. The molecule has 1 aliphatic heterocycles. The third-order valence-corrected chi connectivity index (χ3v) is 5.70. The van der Waals surface area contributed by atoms with E-state index in [-0.39, 0.29) is 6.04 Å². The molecule has 24 heavy (non-hydrogen) atoms. The first-order chi connectivity index (χ1) is 11.2. The fourth-order valence-electron chi connectivity index (χ4n) is 4.42. The molecule has 3 atom stereocenters. The number of carboxylic acid groups (broad SMARTS) is 1. The average molecular weight is 351 g/mol. The molecular weight excluding hydrogens is 324 g/mol. The van der Waals surface area contributed by atoms with Crippen LogP contribution in [0.2, 0.25) is 5.02 Å². The van der Waals surface area contributed by atoms with Crippen molar-refractivity contribution >= 4 is 23.4 Å². The lowest BCUT2D eigenvalue weighted by Crippen LogP contribution is -2.53. The molecule has 132 valence electrons. The molecule has 1 amide bonds. The summed E-state index contributed by atoms with van der Waals surface area (Å²) in [5, 5.41) is 10.4. The normalized spacial score (nSPS) is 23.8. The molecule has 1 aliphatic carbocycles. The molecule has 0 spiro atoms. The molecule has 2 aliphatic rings. The van der Waals surface area contributed by atoms with Crippen molar-refractivity contribution in [2.24, 2.45) is 0 Å². The number of halogens is 1. The minimum absolute atomic E-state index is 0.116. The zero-order valence-corrected chi connectivity index (χ0v) is 15.7. The molecule has 1 aromatic carbocycles. The number of hydrogen-bond acceptors (Lipinski definition) is 2. The first kappa shape index (κ1) is 17.4. The summed E-state index contributed by atoms with van der Waals surface area (Å²) in [5.41, 5.74) is 2.17. The number of carbonyl (C=O) groups is 1. The Hall–Kier alpha value is -1.42. The van der Waals surface area contributed by atoms with Crippen LogP contribution >= 0.6 is 11.6 Å². The van der Waals surface area contributed by atoms with Gasteiger partial charge in [-0.3, -0.25) is 0 Å². The second kappa shape index (κ2) is 6.14. The number of benzene rings is 1. The van der Waals surface area contributed by atoms with Crippen molar-refractivity contribution in [2.45, 2.75) is 70.5 Å². The van der Waals surface area contributed by atoms with Gasteiger partial charge in [-0.1, -0.05) is 24.1 Å². The predicted molar refractivity (Wildman–Crippen MR) is 98.3 cm³/mol. The molecule has 1 heterocycles. The lowest BCUT2D eigenvalue weighted by molar-refractivity contribution is 0.0960. The molecule has 1 aromatic rings. The first-order valence-corrected chi connectivity index (χ1v) is 9.16. The van der Waals surface area contributed by atoms with Crippen molar-refractivity contribution in [1.82, 2.24) is 4.90 Å². The van der Waals surface area contributed by atoms with Crippen molar-refractivity contribution < 1.29 is 9.90 Å². The van der Waals surface area contributed by atoms with Gasteiger partial charge in [-0.15, -0.1) is 0 Å². The smallest absolute Gasteiger partial charge is 0.407 e. The van der Waals surface area contributed by atoms with Gasteiger partial charge >= 0.3 is 6.09 Å². The van der Waals surface area contributed by atoms with E-state index in [9.17, 15) is 9.90 Å². The highest BCUT2D eigenvalue weighted by Crippen LogP contribution is 2.50. The van der Waals surface area contributed by atoms with E-state index in [1.165, 1.54) is 30.5 Å². The van der Waals surface area contributed by atoms with Gasteiger partial charge in [0, 0.05) is 40.8 Å². The van der Waals surface area contributed by atoms with Gasteiger partial charge in [-0.05, 0) is 58.2 Å². The van der Waals surface area contributed by atoms with Crippen molar-refractivity contribution in [2.75, 3.05) is 11.4 Å². The number of fused-ring (bicyclic) bond motifs is 3. The minimum Gasteiger partial charge on any atom is -0.465 e. The van der Waals surface area contributed by atoms with Crippen LogP contribution in [0.4, 0.5) is 10.5 Å². The van der Waals surface area contributed by atoms with Crippen LogP contribution in [0.3, 0.4) is 0 Å². The highest BCUT2D eigenvalue weighted by atomic mass is 35.5. The maximum Gasteiger partial charge on any atom is 0.407 e. The van der Waals surface area contributed by atoms with E-state index < -0.39 is 11.6 Å². The van der Waals surface area contributed by atoms with Gasteiger partial charge in [-0.2, -0.15) is 0 Å². The highest BCUT2D eigenvalue weighted by Gasteiger charge is 2.44. The molecule has 1 N–H and O–H groups in total. The third-order valence-electron chi connectivity index (χ3n) is 5.47. The molecule has 0 radical (unpaired) electrons. The maximum absolute atomic E-state index is 11.7. The van der Waals surface area contributed by atoms with Crippen LogP contribution in [0.1, 0.15) is 58.4 Å². The topological polar surface area (TPSA) is 43.8 Å². The Morgan fingerprint density at radius 2 is 2.12 bits per heavy atom. The fraction of sp³-hybridized carbons (Fsp3) is 0.632. The molecule has 1 fully saturated rings. The van der Waals surface area contributed by atoms with Crippen LogP contribution in [0, 0.1) is 0 Å². The fourth-order valence-corrected chi connectivity index (χ4v) is 4.59. The van der Waals surface area contributed by atoms with Crippen molar-refractivity contribution in [3.05, 3.63) is 28.8 Å². The summed E-state index contributed by atoms with van der Waals surface area (Å²) >= 11 is 6.25. The Morgan fingerprint density at radius 3 is 2.75 bits per heavy atom. The van der Waals surface area contributed by atoms with E-state index in [2.05, 4.69) is 17.9 Å². The average Bonchev–Trinajstić information content (AvgIpc) is 3.02. The number of amides is 1. The Kier molecular flexibility index (Phi) is 4.45. The van der Waals surface area contributed by atoms with Crippen LogP contribution in [0.5, 0.6) is 0 Å². The van der Waals surface area contributed by atoms with Crippen LogP contribution in [-0.4, -0.2) is 40.3 Å². The maximum atomic E-state index is 11.7. The van der Waals surface area contributed by atoms with E-state index in [4.69, 9.17) is 11.6 Å². The molecule has 3 rings (SSSR count). The zero-order chi connectivity index (χ0) is 17.6. The second-order valence-corrected chi connectivity index (χ2v) is 8.56. The Labute approximate surface area is 149 Å². The van der Waals surface area contributed by atoms with Crippen LogP contribution in [0.15, 0.2) is 18.2 Å². The minimum atomic E-state index is -0.858. The van der Waals surface area contributed by atoms with Crippen molar-refractivity contribution in [3.8, 4) is 0 Å². The monoisotopic (exact) mass is 350 g/mol. The summed E-state index contributed by atoms with van der Waals surface area (Å²) < 4.78 is 0. The molecule has 1 saturated carbocycles. The predicted octanol–water partition coefficient (Wildman–Crippen LogP) is 4.96. The van der Waals surface area contributed by atoms with E-state index in [0.717, 1.165) is 5.02 Å². The number of hydrogen-bond donors (Lipinski definition) is 1. The Bertz CT molecular complexity index is 641. The largest absolute Gasteiger partial charge is 0.465 e. The van der Waals surface area contributed by atoms with Gasteiger partial charge in [0.25, 0.3) is 0 Å². The van der Waals surface area contributed by atoms with Crippen LogP contribution < -0.4 is 4.90 Å². The Morgan fingerprint density at radius 1 is 1.42 bits per heavy atom. The van der Waals surface area contributed by atoms with Crippen LogP contribution in [0.25, 0.3) is 0 Å². The van der Waals surface area contributed by atoms with Gasteiger partial charge in [0.15, 0.2) is 0 Å². The van der Waals surface area contributed by atoms with Gasteiger partial charge < -0.3 is 14.9 Å². The van der Waals surface area contributed by atoms with E-state index in [1.54, 1.807) is 4.90 Å². The summed E-state index contributed by atoms with van der Waals surface area (Å²) in [6, 6.07) is 6.78. The van der Waals surface area contributed by atoms with Gasteiger partial charge in [-0.25, -0.2) is 4.79 Å². The molecular formula is C19H27ClN2O2. The molecule has 0 saturated heterocycles. The van der Waals surface area contributed by atoms with Crippen molar-refractivity contribution in [3.63, 3.8) is 0 Å². The van der Waals surface area contributed by atoms with E-state index >= 15 is 0 Å². The van der Waals surface area contributed by atoms with Gasteiger partial charge in [0.05, 0.1) is 0 Å². The zero-order valence-electron chi connectivity index (χ0n) is 14.9. The first-order valence-electron chi connectivity index (χ1n) is 8.78. The second-order valence-electron chi connectivity index (χ2n) is 8.13. The molecule has 3 unspecified atom stereocenters. The number of nitrogens with zero attached hydrogens (tertiary/aromatic N) is 2. The molecule has 0 aromatic heterocycles. The van der Waals surface area contributed by atoms with Crippen LogP contribution in [-0.2, 0) is 0 Å². The summed E-state index contributed by atoms with van der Waals surface area (Å²) in [6.07, 6.45) is 2.76. The molecule has 5 heteroatoms. The van der Waals surface area contributed by atoms with Gasteiger partial charge in [0.2, 0.25) is 0 Å². The third kappa shape index (κ3) is 2.97. The summed E-state index contributed by atoms with van der Waals surface area (Å²) in [5.74, 6) is 0.563. The van der Waals surface area contributed by atoms with Gasteiger partial charge in [0.1, 0.15) is 0 Å².